The largest absolute Gasteiger partial charge is 0.322 e. The summed E-state index contributed by atoms with van der Waals surface area (Å²) in [4.78, 5) is 18.4. The Morgan fingerprint density at radius 3 is 2.62 bits per heavy atom. The second-order valence-corrected chi connectivity index (χ2v) is 7.51. The van der Waals surface area contributed by atoms with Gasteiger partial charge in [0.1, 0.15) is 11.4 Å². The Morgan fingerprint density at radius 2 is 1.90 bits per heavy atom. The van der Waals surface area contributed by atoms with Gasteiger partial charge in [0, 0.05) is 16.8 Å². The van der Waals surface area contributed by atoms with Crippen LogP contribution < -0.4 is 5.32 Å². The third kappa shape index (κ3) is 4.33. The van der Waals surface area contributed by atoms with Crippen molar-refractivity contribution in [2.45, 2.75) is 23.8 Å². The van der Waals surface area contributed by atoms with Crippen LogP contribution >= 0.6 is 11.8 Å². The van der Waals surface area contributed by atoms with E-state index in [1.807, 2.05) is 24.3 Å². The maximum atomic E-state index is 12.9. The molecule has 0 atom stereocenters. The van der Waals surface area contributed by atoms with E-state index in [1.165, 1.54) is 23.7 Å². The molecule has 0 aliphatic heterocycles. The third-order valence-electron chi connectivity index (χ3n) is 4.29. The van der Waals surface area contributed by atoms with Crippen molar-refractivity contribution in [3.05, 3.63) is 83.8 Å². The van der Waals surface area contributed by atoms with Crippen LogP contribution in [0.2, 0.25) is 0 Å². The van der Waals surface area contributed by atoms with E-state index in [0.717, 1.165) is 16.1 Å². The molecular weight excluding hydrogens is 384 g/mol. The van der Waals surface area contributed by atoms with Gasteiger partial charge in [-0.2, -0.15) is 0 Å². The van der Waals surface area contributed by atoms with E-state index in [1.54, 1.807) is 23.0 Å². The van der Waals surface area contributed by atoms with Crippen molar-refractivity contribution in [2.75, 3.05) is 5.32 Å². The number of hydrogen-bond donors (Lipinski definition) is 1. The Morgan fingerprint density at radius 1 is 1.07 bits per heavy atom. The molecule has 1 amide bonds. The number of carbonyl (C=O) groups excluding carboxylic acids is 1. The molecule has 0 saturated heterocycles. The molecule has 0 bridgehead atoms. The summed E-state index contributed by atoms with van der Waals surface area (Å²) >= 11 is 1.49. The van der Waals surface area contributed by atoms with Crippen molar-refractivity contribution >= 4 is 23.4 Å². The van der Waals surface area contributed by atoms with Crippen LogP contribution in [0.15, 0.2) is 77.0 Å². The molecule has 0 radical (unpaired) electrons. The number of pyridine rings is 1. The van der Waals surface area contributed by atoms with Crippen LogP contribution in [0, 0.1) is 13.8 Å². The van der Waals surface area contributed by atoms with Gasteiger partial charge in [0.25, 0.3) is 5.91 Å². The molecule has 0 fully saturated rings. The lowest BCUT2D eigenvalue weighted by Crippen LogP contribution is -2.13. The van der Waals surface area contributed by atoms with Gasteiger partial charge in [-0.3, -0.25) is 4.79 Å². The number of nitrogens with zero attached hydrogens (tertiary/aromatic N) is 5. The van der Waals surface area contributed by atoms with E-state index in [-0.39, 0.29) is 5.91 Å². The van der Waals surface area contributed by atoms with E-state index >= 15 is 0 Å². The zero-order valence-corrected chi connectivity index (χ0v) is 16.7. The highest BCUT2D eigenvalue weighted by atomic mass is 32.2. The van der Waals surface area contributed by atoms with Gasteiger partial charge in [0.15, 0.2) is 0 Å². The zero-order chi connectivity index (χ0) is 20.2. The average Bonchev–Trinajstić information content (AvgIpc) is 3.26. The van der Waals surface area contributed by atoms with Crippen molar-refractivity contribution < 1.29 is 4.79 Å². The van der Waals surface area contributed by atoms with Crippen molar-refractivity contribution in [1.29, 1.82) is 0 Å². The number of tetrazole rings is 1. The minimum atomic E-state index is -0.208. The molecule has 0 aliphatic carbocycles. The van der Waals surface area contributed by atoms with Crippen molar-refractivity contribution in [2.24, 2.45) is 0 Å². The first-order chi connectivity index (χ1) is 14.1. The number of aromatic nitrogens is 5. The summed E-state index contributed by atoms with van der Waals surface area (Å²) in [6.45, 7) is 4.12. The summed E-state index contributed by atoms with van der Waals surface area (Å²) in [6, 6.07) is 17.1. The van der Waals surface area contributed by atoms with Crippen LogP contribution in [-0.2, 0) is 0 Å². The number of nitrogens with one attached hydrogen (secondary N) is 1. The van der Waals surface area contributed by atoms with Gasteiger partial charge in [0.2, 0.25) is 0 Å². The molecule has 4 aromatic rings. The SMILES string of the molecule is Cc1ccc(Sc2ncccc2C(=O)Nc2ccc(-n3cnnn3)cc2)c(C)c1. The molecule has 2 aromatic heterocycles. The van der Waals surface area contributed by atoms with Gasteiger partial charge in [-0.15, -0.1) is 5.10 Å². The van der Waals surface area contributed by atoms with Crippen LogP contribution in [0.25, 0.3) is 5.69 Å². The third-order valence-corrected chi connectivity index (χ3v) is 5.49. The van der Waals surface area contributed by atoms with Crippen LogP contribution in [0.4, 0.5) is 5.69 Å². The molecule has 8 heteroatoms. The fourth-order valence-electron chi connectivity index (χ4n) is 2.84. The molecule has 1 N–H and O–H groups in total. The zero-order valence-electron chi connectivity index (χ0n) is 15.9. The topological polar surface area (TPSA) is 85.6 Å². The molecule has 0 aliphatic rings. The standard InChI is InChI=1S/C21H18N6OS/c1-14-5-10-19(15(2)12-14)29-21-18(4-3-11-22-21)20(28)24-16-6-8-17(9-7-16)27-13-23-25-26-27/h3-13H,1-2H3,(H,24,28). The number of carbonyl (C=O) groups is 1. The minimum absolute atomic E-state index is 0.208. The fourth-order valence-corrected chi connectivity index (χ4v) is 3.79. The number of hydrogen-bond acceptors (Lipinski definition) is 6. The van der Waals surface area contributed by atoms with E-state index in [0.29, 0.717) is 16.3 Å². The first kappa shape index (κ1) is 18.8. The molecule has 0 saturated carbocycles. The molecule has 2 aromatic carbocycles. The smallest absolute Gasteiger partial charge is 0.258 e. The summed E-state index contributed by atoms with van der Waals surface area (Å²) in [5, 5.41) is 14.7. The van der Waals surface area contributed by atoms with Crippen LogP contribution in [0.3, 0.4) is 0 Å². The monoisotopic (exact) mass is 402 g/mol. The molecule has 2 heterocycles. The quantitative estimate of drug-likeness (QED) is 0.541. The highest BCUT2D eigenvalue weighted by Gasteiger charge is 2.15. The van der Waals surface area contributed by atoms with Gasteiger partial charge in [-0.05, 0) is 72.3 Å². The fraction of sp³-hybridized carbons (Fsp3) is 0.0952. The summed E-state index contributed by atoms with van der Waals surface area (Å²) in [5.74, 6) is -0.208. The predicted octanol–water partition coefficient (Wildman–Crippen LogP) is 4.08. The number of benzene rings is 2. The molecule has 4 rings (SSSR count). The van der Waals surface area contributed by atoms with Gasteiger partial charge in [-0.25, -0.2) is 9.67 Å². The van der Waals surface area contributed by atoms with Crippen molar-refractivity contribution in [1.82, 2.24) is 25.2 Å². The first-order valence-corrected chi connectivity index (χ1v) is 9.77. The Hall–Kier alpha value is -3.52. The van der Waals surface area contributed by atoms with E-state index < -0.39 is 0 Å². The average molecular weight is 402 g/mol. The molecule has 0 spiro atoms. The summed E-state index contributed by atoms with van der Waals surface area (Å²) in [7, 11) is 0. The lowest BCUT2D eigenvalue weighted by atomic mass is 10.2. The number of rotatable bonds is 5. The Balaban J connectivity index is 1.53. The van der Waals surface area contributed by atoms with E-state index in [4.69, 9.17) is 0 Å². The van der Waals surface area contributed by atoms with Gasteiger partial charge >= 0.3 is 0 Å². The summed E-state index contributed by atoms with van der Waals surface area (Å²) < 4.78 is 1.55. The second kappa shape index (κ2) is 8.24. The van der Waals surface area contributed by atoms with Crippen LogP contribution in [0.1, 0.15) is 21.5 Å². The molecule has 7 nitrogen and oxygen atoms in total. The normalized spacial score (nSPS) is 10.7. The lowest BCUT2D eigenvalue weighted by Gasteiger charge is -2.11. The molecule has 0 unspecified atom stereocenters. The number of aryl methyl sites for hydroxylation is 2. The van der Waals surface area contributed by atoms with Gasteiger partial charge in [-0.1, -0.05) is 29.5 Å². The van der Waals surface area contributed by atoms with Gasteiger partial charge < -0.3 is 5.32 Å². The molecule has 29 heavy (non-hydrogen) atoms. The van der Waals surface area contributed by atoms with Crippen LogP contribution in [-0.4, -0.2) is 31.1 Å². The van der Waals surface area contributed by atoms with E-state index in [9.17, 15) is 4.79 Å². The molecule has 144 valence electrons. The van der Waals surface area contributed by atoms with Crippen molar-refractivity contribution in [3.8, 4) is 5.69 Å². The Labute approximate surface area is 172 Å². The van der Waals surface area contributed by atoms with Crippen LogP contribution in [0.5, 0.6) is 0 Å². The maximum Gasteiger partial charge on any atom is 0.258 e. The Bertz CT molecular complexity index is 1140. The Kier molecular flexibility index (Phi) is 5.35. The number of amides is 1. The van der Waals surface area contributed by atoms with E-state index in [2.05, 4.69) is 57.9 Å². The highest BCUT2D eigenvalue weighted by Crippen LogP contribution is 2.31. The maximum absolute atomic E-state index is 12.9. The van der Waals surface area contributed by atoms with Crippen molar-refractivity contribution in [3.63, 3.8) is 0 Å². The minimum Gasteiger partial charge on any atom is -0.322 e. The first-order valence-electron chi connectivity index (χ1n) is 8.95. The highest BCUT2D eigenvalue weighted by molar-refractivity contribution is 7.99. The second-order valence-electron chi connectivity index (χ2n) is 6.48. The predicted molar refractivity (Wildman–Crippen MR) is 111 cm³/mol. The molecular formula is C21H18N6OS. The lowest BCUT2D eigenvalue weighted by molar-refractivity contribution is 0.102. The summed E-state index contributed by atoms with van der Waals surface area (Å²) in [6.07, 6.45) is 3.21. The summed E-state index contributed by atoms with van der Waals surface area (Å²) in [5.41, 5.74) is 4.38. The number of anilines is 1. The van der Waals surface area contributed by atoms with Gasteiger partial charge in [0.05, 0.1) is 11.3 Å².